The molecule has 21 heavy (non-hydrogen) atoms. The van der Waals surface area contributed by atoms with E-state index in [0.717, 1.165) is 18.2 Å². The summed E-state index contributed by atoms with van der Waals surface area (Å²) in [4.78, 5) is 22.3. The summed E-state index contributed by atoms with van der Waals surface area (Å²) < 4.78 is 52.6. The molecule has 116 valence electrons. The highest BCUT2D eigenvalue weighted by atomic mass is 19.4. The minimum Gasteiger partial charge on any atom is -0.478 e. The molecule has 0 atom stereocenters. The second-order valence-electron chi connectivity index (χ2n) is 3.96. The molecule has 0 fully saturated rings. The molecule has 1 amide bonds. The summed E-state index contributed by atoms with van der Waals surface area (Å²) in [6.45, 7) is -1.98. The molecule has 0 bridgehead atoms. The lowest BCUT2D eigenvalue weighted by atomic mass is 10.1. The van der Waals surface area contributed by atoms with E-state index < -0.39 is 43.5 Å². The number of amides is 1. The minimum atomic E-state index is -4.49. The Morgan fingerprint density at radius 2 is 1.95 bits per heavy atom. The zero-order valence-corrected chi connectivity index (χ0v) is 10.5. The predicted octanol–water partition coefficient (Wildman–Crippen LogP) is 2.43. The van der Waals surface area contributed by atoms with E-state index in [1.165, 1.54) is 0 Å². The monoisotopic (exact) mass is 309 g/mol. The van der Waals surface area contributed by atoms with Crippen molar-refractivity contribution >= 4 is 17.6 Å². The first-order valence-corrected chi connectivity index (χ1v) is 5.66. The van der Waals surface area contributed by atoms with Crippen molar-refractivity contribution in [2.45, 2.75) is 12.6 Å². The predicted molar refractivity (Wildman–Crippen MR) is 63.5 cm³/mol. The lowest BCUT2D eigenvalue weighted by Gasteiger charge is -2.10. The van der Waals surface area contributed by atoms with Crippen molar-refractivity contribution in [2.24, 2.45) is 0 Å². The summed E-state index contributed by atoms with van der Waals surface area (Å²) in [6, 6.07) is 2.68. The van der Waals surface area contributed by atoms with Crippen molar-refractivity contribution in [3.05, 3.63) is 29.6 Å². The Morgan fingerprint density at radius 3 is 2.52 bits per heavy atom. The van der Waals surface area contributed by atoms with Gasteiger partial charge in [0.25, 0.3) is 0 Å². The maximum Gasteiger partial charge on any atom is 0.411 e. The number of anilines is 1. The molecule has 0 radical (unpaired) electrons. The van der Waals surface area contributed by atoms with Crippen LogP contribution in [0.5, 0.6) is 0 Å². The zero-order chi connectivity index (χ0) is 16.0. The van der Waals surface area contributed by atoms with E-state index in [1.54, 1.807) is 0 Å². The van der Waals surface area contributed by atoms with Crippen molar-refractivity contribution in [3.63, 3.8) is 0 Å². The first-order chi connectivity index (χ1) is 9.69. The number of nitrogens with one attached hydrogen (secondary N) is 1. The Morgan fingerprint density at radius 1 is 1.29 bits per heavy atom. The largest absolute Gasteiger partial charge is 0.478 e. The van der Waals surface area contributed by atoms with E-state index >= 15 is 0 Å². The third-order valence-electron chi connectivity index (χ3n) is 2.23. The SMILES string of the molecule is O=C(CCOCC(F)(F)F)Nc1cc(F)ccc1C(=O)O. The highest BCUT2D eigenvalue weighted by Gasteiger charge is 2.27. The van der Waals surface area contributed by atoms with Gasteiger partial charge in [0.05, 0.1) is 24.3 Å². The molecule has 0 saturated carbocycles. The number of carboxylic acids is 1. The van der Waals surface area contributed by atoms with E-state index in [2.05, 4.69) is 10.1 Å². The molecule has 0 aliphatic heterocycles. The van der Waals surface area contributed by atoms with E-state index in [0.29, 0.717) is 0 Å². The molecule has 1 rings (SSSR count). The van der Waals surface area contributed by atoms with Crippen LogP contribution in [0.4, 0.5) is 23.2 Å². The van der Waals surface area contributed by atoms with Crippen LogP contribution in [0.3, 0.4) is 0 Å². The first-order valence-electron chi connectivity index (χ1n) is 5.66. The van der Waals surface area contributed by atoms with Gasteiger partial charge in [-0.25, -0.2) is 9.18 Å². The van der Waals surface area contributed by atoms with Crippen molar-refractivity contribution in [1.29, 1.82) is 0 Å². The van der Waals surface area contributed by atoms with Crippen molar-refractivity contribution in [3.8, 4) is 0 Å². The number of halogens is 4. The number of hydrogen-bond acceptors (Lipinski definition) is 3. The van der Waals surface area contributed by atoms with Gasteiger partial charge >= 0.3 is 12.1 Å². The molecule has 0 heterocycles. The number of ether oxygens (including phenoxy) is 1. The molecule has 0 aromatic heterocycles. The quantitative estimate of drug-likeness (QED) is 0.625. The lowest BCUT2D eigenvalue weighted by molar-refractivity contribution is -0.174. The highest BCUT2D eigenvalue weighted by Crippen LogP contribution is 2.18. The van der Waals surface area contributed by atoms with E-state index in [1.807, 2.05) is 0 Å². The Bertz CT molecular complexity index is 530. The van der Waals surface area contributed by atoms with Crippen LogP contribution in [0.15, 0.2) is 18.2 Å². The molecular weight excluding hydrogens is 298 g/mol. The van der Waals surface area contributed by atoms with Gasteiger partial charge in [-0.05, 0) is 18.2 Å². The maximum absolute atomic E-state index is 13.0. The highest BCUT2D eigenvalue weighted by molar-refractivity contribution is 6.00. The molecule has 2 N–H and O–H groups in total. The smallest absolute Gasteiger partial charge is 0.411 e. The average Bonchev–Trinajstić information content (AvgIpc) is 2.33. The number of benzene rings is 1. The molecule has 1 aromatic rings. The standard InChI is InChI=1S/C12H11F4NO4/c13-7-1-2-8(11(19)20)9(5-7)17-10(18)3-4-21-6-12(14,15)16/h1-2,5H,3-4,6H2,(H,17,18)(H,19,20). The summed E-state index contributed by atoms with van der Waals surface area (Å²) >= 11 is 0. The topological polar surface area (TPSA) is 75.6 Å². The Balaban J connectivity index is 2.55. The zero-order valence-electron chi connectivity index (χ0n) is 10.5. The van der Waals surface area contributed by atoms with E-state index in [4.69, 9.17) is 5.11 Å². The first kappa shape index (κ1) is 16.9. The Kier molecular flexibility index (Phi) is 5.65. The fourth-order valence-corrected chi connectivity index (χ4v) is 1.37. The molecular formula is C12H11F4NO4. The normalized spacial score (nSPS) is 11.2. The van der Waals surface area contributed by atoms with E-state index in [-0.39, 0.29) is 11.3 Å². The Labute approximate surface area is 116 Å². The minimum absolute atomic E-state index is 0.275. The number of carbonyl (C=O) groups is 2. The number of carboxylic acid groups (broad SMARTS) is 1. The van der Waals surface area contributed by atoms with Crippen molar-refractivity contribution in [1.82, 2.24) is 0 Å². The number of carbonyl (C=O) groups excluding carboxylic acids is 1. The fraction of sp³-hybridized carbons (Fsp3) is 0.333. The van der Waals surface area contributed by atoms with Gasteiger partial charge in [-0.1, -0.05) is 0 Å². The van der Waals surface area contributed by atoms with Crippen LogP contribution in [-0.4, -0.2) is 36.4 Å². The summed E-state index contributed by atoms with van der Waals surface area (Å²) in [5, 5.41) is 11.0. The second-order valence-corrected chi connectivity index (χ2v) is 3.96. The molecule has 9 heteroatoms. The number of rotatable bonds is 6. The molecule has 0 unspecified atom stereocenters. The molecule has 5 nitrogen and oxygen atoms in total. The molecule has 1 aromatic carbocycles. The molecule has 0 aliphatic carbocycles. The maximum atomic E-state index is 13.0. The van der Waals surface area contributed by atoms with Gasteiger partial charge in [-0.2, -0.15) is 13.2 Å². The number of hydrogen-bond donors (Lipinski definition) is 2. The van der Waals surface area contributed by atoms with Gasteiger partial charge in [0.15, 0.2) is 0 Å². The molecule has 0 saturated heterocycles. The summed E-state index contributed by atoms with van der Waals surface area (Å²) in [7, 11) is 0. The number of aromatic carboxylic acids is 1. The average molecular weight is 309 g/mol. The molecule has 0 aliphatic rings. The van der Waals surface area contributed by atoms with Gasteiger partial charge in [0, 0.05) is 0 Å². The van der Waals surface area contributed by atoms with Crippen LogP contribution in [0.25, 0.3) is 0 Å². The van der Waals surface area contributed by atoms with Crippen molar-refractivity contribution < 1.29 is 37.0 Å². The second kappa shape index (κ2) is 7.02. The Hall–Kier alpha value is -2.16. The van der Waals surface area contributed by atoms with Crippen LogP contribution in [-0.2, 0) is 9.53 Å². The summed E-state index contributed by atoms with van der Waals surface area (Å²) in [5.74, 6) is -2.92. The van der Waals surface area contributed by atoms with Gasteiger partial charge in [-0.3, -0.25) is 4.79 Å². The summed E-state index contributed by atoms with van der Waals surface area (Å²) in [5.41, 5.74) is -0.607. The van der Waals surface area contributed by atoms with Crippen LogP contribution >= 0.6 is 0 Å². The number of alkyl halides is 3. The van der Waals surface area contributed by atoms with Crippen LogP contribution in [0.2, 0.25) is 0 Å². The van der Waals surface area contributed by atoms with Gasteiger partial charge < -0.3 is 15.2 Å². The van der Waals surface area contributed by atoms with E-state index in [9.17, 15) is 27.2 Å². The third kappa shape index (κ3) is 6.21. The van der Waals surface area contributed by atoms with Gasteiger partial charge in [-0.15, -0.1) is 0 Å². The summed E-state index contributed by atoms with van der Waals surface area (Å²) in [6.07, 6.45) is -4.92. The third-order valence-corrected chi connectivity index (χ3v) is 2.23. The van der Waals surface area contributed by atoms with Crippen LogP contribution in [0.1, 0.15) is 16.8 Å². The van der Waals surface area contributed by atoms with Crippen molar-refractivity contribution in [2.75, 3.05) is 18.5 Å². The van der Waals surface area contributed by atoms with Gasteiger partial charge in [0.1, 0.15) is 12.4 Å². The van der Waals surface area contributed by atoms with Crippen LogP contribution < -0.4 is 5.32 Å². The lowest BCUT2D eigenvalue weighted by Crippen LogP contribution is -2.20. The van der Waals surface area contributed by atoms with Gasteiger partial charge in [0.2, 0.25) is 5.91 Å². The molecule has 0 spiro atoms. The fourth-order valence-electron chi connectivity index (χ4n) is 1.37. The van der Waals surface area contributed by atoms with Crippen LogP contribution in [0, 0.1) is 5.82 Å².